The molecule has 0 spiro atoms. The van der Waals surface area contributed by atoms with Crippen molar-refractivity contribution in [1.82, 2.24) is 9.97 Å². The van der Waals surface area contributed by atoms with E-state index in [-0.39, 0.29) is 5.75 Å². The SMILES string of the molecule is [O]c1cnc(=O)[nH]c1. The van der Waals surface area contributed by atoms with Crippen molar-refractivity contribution in [1.29, 1.82) is 0 Å². The first-order valence-corrected chi connectivity index (χ1v) is 2.01. The third-order valence-electron chi connectivity index (χ3n) is 0.647. The smallest absolute Gasteiger partial charge is 0.309 e. The summed E-state index contributed by atoms with van der Waals surface area (Å²) in [5.41, 5.74) is -0.496. The molecule has 8 heavy (non-hydrogen) atoms. The topological polar surface area (TPSA) is 65.7 Å². The van der Waals surface area contributed by atoms with E-state index in [1.54, 1.807) is 0 Å². The fraction of sp³-hybridized carbons (Fsp3) is 0. The lowest BCUT2D eigenvalue weighted by molar-refractivity contribution is 0.350. The highest BCUT2D eigenvalue weighted by Crippen LogP contribution is 1.96. The second-order valence-corrected chi connectivity index (χ2v) is 1.25. The predicted octanol–water partition coefficient (Wildman–Crippen LogP) is -0.0863. The summed E-state index contributed by atoms with van der Waals surface area (Å²) in [6, 6.07) is 0. The maximum atomic E-state index is 10.2. The van der Waals surface area contributed by atoms with Gasteiger partial charge in [0.25, 0.3) is 0 Å². The average molecular weight is 111 g/mol. The molecule has 0 aliphatic carbocycles. The molecule has 0 aliphatic heterocycles. The highest BCUT2D eigenvalue weighted by Gasteiger charge is 1.85. The van der Waals surface area contributed by atoms with E-state index in [2.05, 4.69) is 9.97 Å². The molecular weight excluding hydrogens is 108 g/mol. The summed E-state index contributed by atoms with van der Waals surface area (Å²) >= 11 is 0. The Labute approximate surface area is 44.8 Å². The van der Waals surface area contributed by atoms with Gasteiger partial charge in [0, 0.05) is 0 Å². The van der Waals surface area contributed by atoms with E-state index in [9.17, 15) is 9.90 Å². The van der Waals surface area contributed by atoms with E-state index in [4.69, 9.17) is 0 Å². The molecule has 1 N–H and O–H groups in total. The number of hydrogen-bond donors (Lipinski definition) is 1. The summed E-state index contributed by atoms with van der Waals surface area (Å²) in [5, 5.41) is 10.2. The molecule has 1 aromatic rings. The van der Waals surface area contributed by atoms with Gasteiger partial charge >= 0.3 is 5.69 Å². The zero-order valence-corrected chi connectivity index (χ0v) is 3.92. The Hall–Kier alpha value is -1.32. The Bertz CT molecular complexity index is 209. The third kappa shape index (κ3) is 0.841. The maximum absolute atomic E-state index is 10.2. The third-order valence-corrected chi connectivity index (χ3v) is 0.647. The Morgan fingerprint density at radius 3 is 2.75 bits per heavy atom. The minimum atomic E-state index is -0.496. The van der Waals surface area contributed by atoms with Crippen LogP contribution in [-0.4, -0.2) is 9.97 Å². The van der Waals surface area contributed by atoms with Gasteiger partial charge in [-0.15, -0.1) is 0 Å². The van der Waals surface area contributed by atoms with Crippen molar-refractivity contribution in [2.24, 2.45) is 0 Å². The molecular formula is C4H3N2O2. The van der Waals surface area contributed by atoms with Crippen LogP contribution in [0.1, 0.15) is 0 Å². The van der Waals surface area contributed by atoms with E-state index < -0.39 is 5.69 Å². The molecule has 0 amide bonds. The molecule has 0 atom stereocenters. The van der Waals surface area contributed by atoms with Crippen molar-refractivity contribution in [3.05, 3.63) is 22.9 Å². The standard InChI is InChI=1S/C4H3N2O2/c7-3-1-5-4(8)6-2-3/h1-2H,(H,5,6,8). The normalized spacial score (nSPS) is 9.00. The van der Waals surface area contributed by atoms with Crippen LogP contribution in [0.4, 0.5) is 0 Å². The van der Waals surface area contributed by atoms with Gasteiger partial charge in [-0.2, -0.15) is 4.98 Å². The highest BCUT2D eigenvalue weighted by atomic mass is 16.3. The summed E-state index contributed by atoms with van der Waals surface area (Å²) in [6.07, 6.45) is 2.04. The van der Waals surface area contributed by atoms with Crippen molar-refractivity contribution in [3.63, 3.8) is 0 Å². The van der Waals surface area contributed by atoms with Crippen molar-refractivity contribution >= 4 is 0 Å². The zero-order valence-electron chi connectivity index (χ0n) is 3.92. The van der Waals surface area contributed by atoms with Crippen LogP contribution in [0, 0.1) is 0 Å². The molecule has 1 heterocycles. The molecule has 0 saturated heterocycles. The van der Waals surface area contributed by atoms with Crippen LogP contribution in [0.3, 0.4) is 0 Å². The molecule has 41 valence electrons. The second-order valence-electron chi connectivity index (χ2n) is 1.25. The number of nitrogens with zero attached hydrogens (tertiary/aromatic N) is 1. The number of H-pyrrole nitrogens is 1. The summed E-state index contributed by atoms with van der Waals surface area (Å²) < 4.78 is 0. The molecule has 0 saturated carbocycles. The Kier molecular flexibility index (Phi) is 0.997. The number of aromatic nitrogens is 2. The molecule has 0 bridgehead atoms. The van der Waals surface area contributed by atoms with Gasteiger partial charge < -0.3 is 4.98 Å². The second kappa shape index (κ2) is 1.65. The summed E-state index contributed by atoms with van der Waals surface area (Å²) in [7, 11) is 0. The first-order chi connectivity index (χ1) is 3.79. The highest BCUT2D eigenvalue weighted by molar-refractivity contribution is 5.05. The van der Waals surface area contributed by atoms with Gasteiger partial charge in [0.2, 0.25) is 5.75 Å². The number of rotatable bonds is 0. The molecule has 0 fully saturated rings. The quantitative estimate of drug-likeness (QED) is 0.508. The van der Waals surface area contributed by atoms with Gasteiger partial charge in [0.1, 0.15) is 0 Å². The minimum absolute atomic E-state index is 0.287. The number of aromatic amines is 1. The number of nitrogens with one attached hydrogen (secondary N) is 1. The van der Waals surface area contributed by atoms with Gasteiger partial charge in [0.05, 0.1) is 12.4 Å². The van der Waals surface area contributed by atoms with Gasteiger partial charge in [-0.1, -0.05) is 0 Å². The molecule has 0 unspecified atom stereocenters. The average Bonchev–Trinajstić information content (AvgIpc) is 1.77. The van der Waals surface area contributed by atoms with Gasteiger partial charge in [0.15, 0.2) is 0 Å². The van der Waals surface area contributed by atoms with Crippen LogP contribution in [0.25, 0.3) is 0 Å². The van der Waals surface area contributed by atoms with Crippen molar-refractivity contribution < 1.29 is 5.11 Å². The summed E-state index contributed by atoms with van der Waals surface area (Å²) in [5.74, 6) is -0.287. The van der Waals surface area contributed by atoms with Crippen molar-refractivity contribution in [2.75, 3.05) is 0 Å². The van der Waals surface area contributed by atoms with Gasteiger partial charge in [-0.25, -0.2) is 4.79 Å². The fourth-order valence-corrected chi connectivity index (χ4v) is 0.330. The molecule has 1 radical (unpaired) electrons. The lowest BCUT2D eigenvalue weighted by atomic mass is 10.6. The largest absolute Gasteiger partial charge is 0.345 e. The minimum Gasteiger partial charge on any atom is -0.309 e. The monoisotopic (exact) mass is 111 g/mol. The summed E-state index contributed by atoms with van der Waals surface area (Å²) in [4.78, 5) is 15.4. The first-order valence-electron chi connectivity index (χ1n) is 2.01. The zero-order chi connectivity index (χ0) is 5.98. The maximum Gasteiger partial charge on any atom is 0.345 e. The first kappa shape index (κ1) is 4.83. The van der Waals surface area contributed by atoms with Crippen LogP contribution in [0.2, 0.25) is 0 Å². The van der Waals surface area contributed by atoms with Crippen LogP contribution < -0.4 is 5.69 Å². The van der Waals surface area contributed by atoms with Crippen LogP contribution >= 0.6 is 0 Å². The van der Waals surface area contributed by atoms with E-state index in [0.717, 1.165) is 12.4 Å². The van der Waals surface area contributed by atoms with Crippen LogP contribution in [0.15, 0.2) is 17.2 Å². The Morgan fingerprint density at radius 2 is 2.38 bits per heavy atom. The number of hydrogen-bond acceptors (Lipinski definition) is 2. The molecule has 4 heteroatoms. The molecule has 1 aromatic heterocycles. The van der Waals surface area contributed by atoms with E-state index in [1.807, 2.05) is 0 Å². The van der Waals surface area contributed by atoms with Crippen LogP contribution in [-0.2, 0) is 5.11 Å². The van der Waals surface area contributed by atoms with E-state index in [0.29, 0.717) is 0 Å². The van der Waals surface area contributed by atoms with Gasteiger partial charge in [-0.3, -0.25) is 5.11 Å². The molecule has 1 rings (SSSR count). The Balaban J connectivity index is 3.22. The fourth-order valence-electron chi connectivity index (χ4n) is 0.330. The van der Waals surface area contributed by atoms with Crippen LogP contribution in [0.5, 0.6) is 5.75 Å². The van der Waals surface area contributed by atoms with E-state index >= 15 is 0 Å². The predicted molar refractivity (Wildman–Crippen MR) is 25.0 cm³/mol. The summed E-state index contributed by atoms with van der Waals surface area (Å²) in [6.45, 7) is 0. The van der Waals surface area contributed by atoms with Crippen molar-refractivity contribution in [3.8, 4) is 5.75 Å². The van der Waals surface area contributed by atoms with E-state index in [1.165, 1.54) is 0 Å². The van der Waals surface area contributed by atoms with Crippen molar-refractivity contribution in [2.45, 2.75) is 0 Å². The lowest BCUT2D eigenvalue weighted by Gasteiger charge is -1.78. The lowest BCUT2D eigenvalue weighted by Crippen LogP contribution is -2.06. The van der Waals surface area contributed by atoms with Gasteiger partial charge in [-0.05, 0) is 0 Å². The Morgan fingerprint density at radius 1 is 1.62 bits per heavy atom. The molecule has 4 nitrogen and oxygen atoms in total. The molecule has 0 aromatic carbocycles. The molecule has 0 aliphatic rings.